The Balaban J connectivity index is 1.32. The van der Waals surface area contributed by atoms with E-state index in [9.17, 15) is 9.59 Å². The van der Waals surface area contributed by atoms with Crippen molar-refractivity contribution in [1.82, 2.24) is 25.3 Å². The van der Waals surface area contributed by atoms with Crippen molar-refractivity contribution in [3.05, 3.63) is 42.2 Å². The Kier molecular flexibility index (Phi) is 4.47. The van der Waals surface area contributed by atoms with Crippen LogP contribution in [0.25, 0.3) is 5.69 Å². The van der Waals surface area contributed by atoms with Gasteiger partial charge in [0.25, 0.3) is 0 Å². The van der Waals surface area contributed by atoms with Crippen LogP contribution >= 0.6 is 0 Å². The van der Waals surface area contributed by atoms with Crippen molar-refractivity contribution >= 4 is 11.9 Å². The van der Waals surface area contributed by atoms with E-state index in [2.05, 4.69) is 15.7 Å². The average Bonchev–Trinajstić information content (AvgIpc) is 3.41. The third kappa shape index (κ3) is 3.60. The Bertz CT molecular complexity index is 847. The van der Waals surface area contributed by atoms with Crippen LogP contribution < -0.4 is 15.4 Å². The van der Waals surface area contributed by atoms with E-state index in [4.69, 9.17) is 4.74 Å². The number of methoxy groups -OCH3 is 1. The number of ether oxygens (including phenoxy) is 1. The summed E-state index contributed by atoms with van der Waals surface area (Å²) < 4.78 is 6.93. The quantitative estimate of drug-likeness (QED) is 0.850. The van der Waals surface area contributed by atoms with Crippen LogP contribution in [0.4, 0.5) is 4.79 Å². The highest BCUT2D eigenvalue weighted by molar-refractivity contribution is 5.80. The summed E-state index contributed by atoms with van der Waals surface area (Å²) in [4.78, 5) is 25.7. The summed E-state index contributed by atoms with van der Waals surface area (Å²) >= 11 is 0. The highest BCUT2D eigenvalue weighted by Crippen LogP contribution is 2.36. The number of aromatic nitrogens is 2. The molecule has 2 aliphatic rings. The molecule has 27 heavy (non-hydrogen) atoms. The lowest BCUT2D eigenvalue weighted by molar-refractivity contribution is -0.119. The lowest BCUT2D eigenvalue weighted by Gasteiger charge is -2.21. The molecule has 0 bridgehead atoms. The fourth-order valence-electron chi connectivity index (χ4n) is 3.76. The number of hydrogen-bond acceptors (Lipinski definition) is 4. The van der Waals surface area contributed by atoms with Gasteiger partial charge >= 0.3 is 6.03 Å². The standard InChI is InChI=1S/C19H23N5O3/c1-27-16-4-2-15(3-5-16)24-8-6-14(22-24)11-20-18(26)23-9-7-19(13-23)10-17(25)21-12-19/h2-6,8H,7,9-13H2,1H3,(H,20,26)(H,21,25). The van der Waals surface area contributed by atoms with E-state index >= 15 is 0 Å². The van der Waals surface area contributed by atoms with Gasteiger partial charge in [0.2, 0.25) is 5.91 Å². The number of urea groups is 1. The molecule has 8 nitrogen and oxygen atoms in total. The summed E-state index contributed by atoms with van der Waals surface area (Å²) in [5.41, 5.74) is 1.63. The van der Waals surface area contributed by atoms with Gasteiger partial charge in [0.15, 0.2) is 0 Å². The fraction of sp³-hybridized carbons (Fsp3) is 0.421. The maximum absolute atomic E-state index is 12.4. The molecule has 142 valence electrons. The second-order valence-electron chi connectivity index (χ2n) is 7.23. The van der Waals surface area contributed by atoms with Crippen molar-refractivity contribution < 1.29 is 14.3 Å². The molecular formula is C19H23N5O3. The maximum Gasteiger partial charge on any atom is 0.317 e. The minimum Gasteiger partial charge on any atom is -0.497 e. The number of amides is 3. The van der Waals surface area contributed by atoms with E-state index < -0.39 is 0 Å². The lowest BCUT2D eigenvalue weighted by atomic mass is 9.86. The van der Waals surface area contributed by atoms with E-state index in [1.807, 2.05) is 36.5 Å². The highest BCUT2D eigenvalue weighted by Gasteiger charge is 2.45. The number of carbonyl (C=O) groups is 2. The van der Waals surface area contributed by atoms with Crippen LogP contribution in [0.5, 0.6) is 5.75 Å². The topological polar surface area (TPSA) is 88.5 Å². The summed E-state index contributed by atoms with van der Waals surface area (Å²) in [5, 5.41) is 10.3. The van der Waals surface area contributed by atoms with Gasteiger partial charge in [0, 0.05) is 37.7 Å². The Hall–Kier alpha value is -3.03. The number of hydrogen-bond donors (Lipinski definition) is 2. The van der Waals surface area contributed by atoms with Gasteiger partial charge in [-0.25, -0.2) is 9.48 Å². The Morgan fingerprint density at radius 3 is 2.85 bits per heavy atom. The first-order chi connectivity index (χ1) is 13.1. The summed E-state index contributed by atoms with van der Waals surface area (Å²) in [5.74, 6) is 0.877. The first kappa shape index (κ1) is 17.4. The van der Waals surface area contributed by atoms with Crippen LogP contribution in [0.15, 0.2) is 36.5 Å². The summed E-state index contributed by atoms with van der Waals surface area (Å²) in [7, 11) is 1.63. The number of carbonyl (C=O) groups excluding carboxylic acids is 2. The van der Waals surface area contributed by atoms with E-state index in [0.717, 1.165) is 23.6 Å². The summed E-state index contributed by atoms with van der Waals surface area (Å²) in [6, 6.07) is 9.39. The molecule has 2 aliphatic heterocycles. The molecule has 1 aromatic heterocycles. The third-order valence-corrected chi connectivity index (χ3v) is 5.32. The van der Waals surface area contributed by atoms with Gasteiger partial charge in [0.05, 0.1) is 25.0 Å². The van der Waals surface area contributed by atoms with E-state index in [1.54, 1.807) is 16.7 Å². The molecule has 2 N–H and O–H groups in total. The summed E-state index contributed by atoms with van der Waals surface area (Å²) in [6.07, 6.45) is 3.25. The molecule has 0 radical (unpaired) electrons. The first-order valence-electron chi connectivity index (χ1n) is 9.05. The zero-order chi connectivity index (χ0) is 18.9. The smallest absolute Gasteiger partial charge is 0.317 e. The molecule has 8 heteroatoms. The molecule has 0 saturated carbocycles. The van der Waals surface area contributed by atoms with E-state index in [1.165, 1.54) is 0 Å². The van der Waals surface area contributed by atoms with Crippen molar-refractivity contribution in [2.45, 2.75) is 19.4 Å². The Labute approximate surface area is 157 Å². The number of likely N-dealkylation sites (tertiary alicyclic amines) is 1. The van der Waals surface area contributed by atoms with Crippen LogP contribution in [0.2, 0.25) is 0 Å². The summed E-state index contributed by atoms with van der Waals surface area (Å²) in [6.45, 7) is 2.34. The lowest BCUT2D eigenvalue weighted by Crippen LogP contribution is -2.40. The largest absolute Gasteiger partial charge is 0.497 e. The average molecular weight is 369 g/mol. The molecule has 1 aromatic carbocycles. The van der Waals surface area contributed by atoms with Crippen molar-refractivity contribution in [3.63, 3.8) is 0 Å². The van der Waals surface area contributed by atoms with E-state index in [0.29, 0.717) is 32.6 Å². The zero-order valence-corrected chi connectivity index (χ0v) is 15.3. The van der Waals surface area contributed by atoms with Crippen molar-refractivity contribution in [2.24, 2.45) is 5.41 Å². The maximum atomic E-state index is 12.4. The van der Waals surface area contributed by atoms with Gasteiger partial charge in [-0.2, -0.15) is 5.10 Å². The third-order valence-electron chi connectivity index (χ3n) is 5.32. The van der Waals surface area contributed by atoms with Crippen LogP contribution in [0.1, 0.15) is 18.5 Å². The predicted molar refractivity (Wildman–Crippen MR) is 98.6 cm³/mol. The molecule has 3 heterocycles. The number of rotatable bonds is 4. The minimum absolute atomic E-state index is 0.0790. The SMILES string of the molecule is COc1ccc(-n2ccc(CNC(=O)N3CCC4(CNC(=O)C4)C3)n2)cc1. The van der Waals surface area contributed by atoms with E-state index in [-0.39, 0.29) is 17.4 Å². The van der Waals surface area contributed by atoms with Crippen molar-refractivity contribution in [1.29, 1.82) is 0 Å². The van der Waals surface area contributed by atoms with Crippen LogP contribution in [-0.4, -0.2) is 53.4 Å². The molecule has 2 fully saturated rings. The van der Waals surface area contributed by atoms with Gasteiger partial charge in [-0.15, -0.1) is 0 Å². The number of nitrogens with zero attached hydrogens (tertiary/aromatic N) is 3. The first-order valence-corrected chi connectivity index (χ1v) is 9.05. The Morgan fingerprint density at radius 2 is 2.15 bits per heavy atom. The van der Waals surface area contributed by atoms with Gasteiger partial charge in [0.1, 0.15) is 5.75 Å². The minimum atomic E-state index is -0.106. The second kappa shape index (κ2) is 6.94. The molecule has 0 aliphatic carbocycles. The normalized spacial score (nSPS) is 21.5. The van der Waals surface area contributed by atoms with Crippen LogP contribution in [0.3, 0.4) is 0 Å². The van der Waals surface area contributed by atoms with Crippen LogP contribution in [-0.2, 0) is 11.3 Å². The molecule has 3 amide bonds. The molecular weight excluding hydrogens is 346 g/mol. The predicted octanol–water partition coefficient (Wildman–Crippen LogP) is 1.30. The van der Waals surface area contributed by atoms with Gasteiger partial charge in [-0.1, -0.05) is 0 Å². The van der Waals surface area contributed by atoms with Crippen molar-refractivity contribution in [2.75, 3.05) is 26.7 Å². The Morgan fingerprint density at radius 1 is 1.33 bits per heavy atom. The van der Waals surface area contributed by atoms with Gasteiger partial charge < -0.3 is 20.3 Å². The zero-order valence-electron chi connectivity index (χ0n) is 15.3. The number of benzene rings is 1. The van der Waals surface area contributed by atoms with Crippen molar-refractivity contribution in [3.8, 4) is 11.4 Å². The molecule has 2 saturated heterocycles. The molecule has 2 aromatic rings. The molecule has 1 unspecified atom stereocenters. The van der Waals surface area contributed by atoms with Gasteiger partial charge in [-0.05, 0) is 36.8 Å². The fourth-order valence-corrected chi connectivity index (χ4v) is 3.76. The van der Waals surface area contributed by atoms with Gasteiger partial charge in [-0.3, -0.25) is 4.79 Å². The molecule has 1 atom stereocenters. The number of nitrogens with one attached hydrogen (secondary N) is 2. The highest BCUT2D eigenvalue weighted by atomic mass is 16.5. The molecule has 1 spiro atoms. The molecule has 4 rings (SSSR count). The second-order valence-corrected chi connectivity index (χ2v) is 7.23. The monoisotopic (exact) mass is 369 g/mol. The van der Waals surface area contributed by atoms with Crippen LogP contribution in [0, 0.1) is 5.41 Å².